The lowest BCUT2D eigenvalue weighted by molar-refractivity contribution is 0.0560. The lowest BCUT2D eigenvalue weighted by Gasteiger charge is -2.28. The van der Waals surface area contributed by atoms with Crippen molar-refractivity contribution in [2.24, 2.45) is 5.92 Å². The van der Waals surface area contributed by atoms with E-state index in [1.807, 2.05) is 30.3 Å². The van der Waals surface area contributed by atoms with Crippen LogP contribution in [0.1, 0.15) is 59.0 Å². The zero-order valence-corrected chi connectivity index (χ0v) is 13.5. The molecule has 0 aromatic heterocycles. The van der Waals surface area contributed by atoms with E-state index < -0.39 is 0 Å². The molecule has 0 fully saturated rings. The highest BCUT2D eigenvalue weighted by atomic mass is 16.2. The van der Waals surface area contributed by atoms with Gasteiger partial charge in [0.05, 0.1) is 17.2 Å². The second-order valence-electron chi connectivity index (χ2n) is 6.20. The summed E-state index contributed by atoms with van der Waals surface area (Å²) in [5.74, 6) is 0.0787. The van der Waals surface area contributed by atoms with Crippen molar-refractivity contribution in [3.63, 3.8) is 0 Å². The van der Waals surface area contributed by atoms with E-state index in [9.17, 15) is 9.59 Å². The van der Waals surface area contributed by atoms with E-state index in [-0.39, 0.29) is 17.9 Å². The van der Waals surface area contributed by atoms with Gasteiger partial charge in [-0.15, -0.1) is 0 Å². The molecule has 1 aliphatic heterocycles. The summed E-state index contributed by atoms with van der Waals surface area (Å²) in [4.78, 5) is 27.0. The van der Waals surface area contributed by atoms with Crippen LogP contribution in [0.4, 0.5) is 0 Å². The lowest BCUT2D eigenvalue weighted by atomic mass is 9.93. The molecule has 3 rings (SSSR count). The Kier molecular flexibility index (Phi) is 4.28. The number of nitrogens with zero attached hydrogens (tertiary/aromatic N) is 1. The average Bonchev–Trinajstić information content (AvgIpc) is 2.85. The normalized spacial score (nSPS) is 16.3. The van der Waals surface area contributed by atoms with E-state index in [1.165, 1.54) is 4.90 Å². The Labute approximate surface area is 136 Å². The van der Waals surface area contributed by atoms with E-state index in [0.717, 1.165) is 18.4 Å². The number of amides is 2. The number of benzene rings is 2. The predicted molar refractivity (Wildman–Crippen MR) is 90.2 cm³/mol. The fourth-order valence-corrected chi connectivity index (χ4v) is 3.10. The Morgan fingerprint density at radius 2 is 1.39 bits per heavy atom. The first-order chi connectivity index (χ1) is 11.1. The predicted octanol–water partition coefficient (Wildman–Crippen LogP) is 4.46. The zero-order chi connectivity index (χ0) is 16.4. The van der Waals surface area contributed by atoms with Gasteiger partial charge in [0.25, 0.3) is 11.8 Å². The molecular formula is C20H21NO2. The standard InChI is InChI=1S/C20H21NO2/c1-3-14(2)13-18(15-9-5-4-6-10-15)21-19(22)16-11-7-8-12-17(16)20(21)23/h4-12,14,18H,3,13H2,1-2H3. The summed E-state index contributed by atoms with van der Waals surface area (Å²) in [5, 5.41) is 0. The third-order valence-corrected chi connectivity index (χ3v) is 4.64. The average molecular weight is 307 g/mol. The van der Waals surface area contributed by atoms with E-state index in [0.29, 0.717) is 17.0 Å². The van der Waals surface area contributed by atoms with Gasteiger partial charge in [0.1, 0.15) is 0 Å². The number of hydrogen-bond donors (Lipinski definition) is 0. The van der Waals surface area contributed by atoms with Crippen molar-refractivity contribution in [1.82, 2.24) is 4.90 Å². The summed E-state index contributed by atoms with van der Waals surface area (Å²) < 4.78 is 0. The Morgan fingerprint density at radius 3 is 1.91 bits per heavy atom. The van der Waals surface area contributed by atoms with Gasteiger partial charge in [0.2, 0.25) is 0 Å². The molecule has 0 saturated carbocycles. The molecule has 2 aromatic carbocycles. The highest BCUT2D eigenvalue weighted by molar-refractivity contribution is 6.21. The van der Waals surface area contributed by atoms with Gasteiger partial charge in [-0.1, -0.05) is 62.7 Å². The van der Waals surface area contributed by atoms with Gasteiger partial charge in [-0.25, -0.2) is 0 Å². The smallest absolute Gasteiger partial charge is 0.262 e. The molecule has 2 aromatic rings. The van der Waals surface area contributed by atoms with Crippen LogP contribution in [-0.2, 0) is 0 Å². The van der Waals surface area contributed by atoms with Gasteiger partial charge in [0, 0.05) is 0 Å². The summed E-state index contributed by atoms with van der Waals surface area (Å²) in [5.41, 5.74) is 2.05. The van der Waals surface area contributed by atoms with Crippen molar-refractivity contribution >= 4 is 11.8 Å². The van der Waals surface area contributed by atoms with Crippen LogP contribution in [0.25, 0.3) is 0 Å². The van der Waals surface area contributed by atoms with Gasteiger partial charge in [-0.2, -0.15) is 0 Å². The van der Waals surface area contributed by atoms with Crippen LogP contribution < -0.4 is 0 Å². The third kappa shape index (κ3) is 2.79. The van der Waals surface area contributed by atoms with Crippen LogP contribution >= 0.6 is 0 Å². The number of imide groups is 1. The largest absolute Gasteiger partial charge is 0.269 e. The molecule has 0 aliphatic carbocycles. The van der Waals surface area contributed by atoms with Crippen molar-refractivity contribution in [1.29, 1.82) is 0 Å². The minimum absolute atomic E-state index is 0.178. The minimum Gasteiger partial charge on any atom is -0.269 e. The Bertz CT molecular complexity index is 688. The molecule has 2 atom stereocenters. The number of carbonyl (C=O) groups is 2. The first-order valence-electron chi connectivity index (χ1n) is 8.15. The molecule has 0 spiro atoms. The summed E-state index contributed by atoms with van der Waals surface area (Å²) in [6.45, 7) is 4.29. The summed E-state index contributed by atoms with van der Waals surface area (Å²) in [7, 11) is 0. The highest BCUT2D eigenvalue weighted by Crippen LogP contribution is 2.35. The molecule has 0 saturated heterocycles. The van der Waals surface area contributed by atoms with Gasteiger partial charge in [-0.3, -0.25) is 14.5 Å². The van der Waals surface area contributed by atoms with E-state index in [4.69, 9.17) is 0 Å². The van der Waals surface area contributed by atoms with E-state index in [2.05, 4.69) is 13.8 Å². The maximum absolute atomic E-state index is 12.8. The van der Waals surface area contributed by atoms with Crippen molar-refractivity contribution in [3.05, 3.63) is 71.3 Å². The molecule has 2 amide bonds. The topological polar surface area (TPSA) is 37.4 Å². The van der Waals surface area contributed by atoms with Crippen LogP contribution in [0.15, 0.2) is 54.6 Å². The lowest BCUT2D eigenvalue weighted by Crippen LogP contribution is -2.35. The Hall–Kier alpha value is -2.42. The first kappa shape index (κ1) is 15.5. The zero-order valence-electron chi connectivity index (χ0n) is 13.5. The van der Waals surface area contributed by atoms with Crippen LogP contribution in [-0.4, -0.2) is 16.7 Å². The number of hydrogen-bond acceptors (Lipinski definition) is 2. The Balaban J connectivity index is 2.01. The molecule has 3 nitrogen and oxygen atoms in total. The highest BCUT2D eigenvalue weighted by Gasteiger charge is 2.40. The Morgan fingerprint density at radius 1 is 0.870 bits per heavy atom. The molecule has 0 bridgehead atoms. The molecule has 1 heterocycles. The third-order valence-electron chi connectivity index (χ3n) is 4.64. The van der Waals surface area contributed by atoms with E-state index >= 15 is 0 Å². The van der Waals surface area contributed by atoms with Crippen molar-refractivity contribution < 1.29 is 9.59 Å². The summed E-state index contributed by atoms with van der Waals surface area (Å²) >= 11 is 0. The second-order valence-corrected chi connectivity index (χ2v) is 6.20. The molecule has 3 heteroatoms. The fraction of sp³-hybridized carbons (Fsp3) is 0.300. The van der Waals surface area contributed by atoms with E-state index in [1.54, 1.807) is 24.3 Å². The van der Waals surface area contributed by atoms with Gasteiger partial charge >= 0.3 is 0 Å². The van der Waals surface area contributed by atoms with Gasteiger partial charge in [0.15, 0.2) is 0 Å². The van der Waals surface area contributed by atoms with Crippen LogP contribution in [0.3, 0.4) is 0 Å². The summed E-state index contributed by atoms with van der Waals surface area (Å²) in [6.07, 6.45) is 1.80. The monoisotopic (exact) mass is 307 g/mol. The van der Waals surface area contributed by atoms with Crippen LogP contribution in [0.5, 0.6) is 0 Å². The first-order valence-corrected chi connectivity index (χ1v) is 8.15. The van der Waals surface area contributed by atoms with Crippen molar-refractivity contribution in [2.45, 2.75) is 32.7 Å². The quantitative estimate of drug-likeness (QED) is 0.765. The molecule has 0 N–H and O–H groups in total. The van der Waals surface area contributed by atoms with Crippen LogP contribution in [0, 0.1) is 5.92 Å². The molecular weight excluding hydrogens is 286 g/mol. The summed E-state index contributed by atoms with van der Waals surface area (Å²) in [6, 6.07) is 16.7. The number of fused-ring (bicyclic) bond motifs is 1. The number of rotatable bonds is 5. The molecule has 118 valence electrons. The maximum Gasteiger partial charge on any atom is 0.262 e. The fourth-order valence-electron chi connectivity index (χ4n) is 3.10. The maximum atomic E-state index is 12.8. The van der Waals surface area contributed by atoms with Crippen molar-refractivity contribution in [2.75, 3.05) is 0 Å². The number of carbonyl (C=O) groups excluding carboxylic acids is 2. The van der Waals surface area contributed by atoms with Gasteiger partial charge in [-0.05, 0) is 30.0 Å². The SMILES string of the molecule is CCC(C)CC(c1ccccc1)N1C(=O)c2ccccc2C1=O. The van der Waals surface area contributed by atoms with Crippen molar-refractivity contribution in [3.8, 4) is 0 Å². The molecule has 2 unspecified atom stereocenters. The van der Waals surface area contributed by atoms with Crippen LogP contribution in [0.2, 0.25) is 0 Å². The van der Waals surface area contributed by atoms with Gasteiger partial charge < -0.3 is 0 Å². The molecule has 0 radical (unpaired) electrons. The second kappa shape index (κ2) is 6.37. The molecule has 23 heavy (non-hydrogen) atoms. The minimum atomic E-state index is -0.210. The molecule has 1 aliphatic rings.